The first-order chi connectivity index (χ1) is 7.06. The van der Waals surface area contributed by atoms with Gasteiger partial charge in [0.15, 0.2) is 0 Å². The molecule has 0 fully saturated rings. The summed E-state index contributed by atoms with van der Waals surface area (Å²) >= 11 is 0. The number of rotatable bonds is 4. The summed E-state index contributed by atoms with van der Waals surface area (Å²) in [6.07, 6.45) is -5.73. The maximum atomic E-state index is 11.9. The van der Waals surface area contributed by atoms with Gasteiger partial charge in [-0.1, -0.05) is 20.8 Å². The van der Waals surface area contributed by atoms with Gasteiger partial charge in [0.05, 0.1) is 0 Å². The normalized spacial score (nSPS) is 14.7. The third kappa shape index (κ3) is 6.66. The molecular formula is C10H18F3NO2. The Hall–Kier alpha value is -0.780. The van der Waals surface area contributed by atoms with E-state index in [1.807, 2.05) is 0 Å². The molecule has 3 nitrogen and oxygen atoms in total. The molecule has 0 saturated heterocycles. The summed E-state index contributed by atoms with van der Waals surface area (Å²) < 4.78 is 35.8. The number of aliphatic hydroxyl groups is 1. The molecule has 0 spiro atoms. The second kappa shape index (κ2) is 5.52. The van der Waals surface area contributed by atoms with Gasteiger partial charge in [-0.3, -0.25) is 4.79 Å². The van der Waals surface area contributed by atoms with Gasteiger partial charge in [-0.15, -0.1) is 0 Å². The highest BCUT2D eigenvalue weighted by Crippen LogP contribution is 2.23. The molecule has 2 N–H and O–H groups in total. The number of hydrogen-bond acceptors (Lipinski definition) is 2. The molecule has 0 radical (unpaired) electrons. The van der Waals surface area contributed by atoms with Crippen molar-refractivity contribution >= 4 is 5.91 Å². The van der Waals surface area contributed by atoms with Crippen LogP contribution in [-0.4, -0.2) is 29.8 Å². The Bertz CT molecular complexity index is 233. The molecule has 0 aromatic rings. The maximum Gasteiger partial charge on any atom is 0.397 e. The highest BCUT2D eigenvalue weighted by molar-refractivity contribution is 5.77. The van der Waals surface area contributed by atoms with Crippen molar-refractivity contribution in [1.29, 1.82) is 0 Å². The smallest absolute Gasteiger partial charge is 0.396 e. The van der Waals surface area contributed by atoms with Gasteiger partial charge in [-0.05, 0) is 11.8 Å². The van der Waals surface area contributed by atoms with Crippen molar-refractivity contribution in [3.63, 3.8) is 0 Å². The predicted octanol–water partition coefficient (Wildman–Crippen LogP) is 1.85. The Kier molecular flexibility index (Phi) is 5.25. The van der Waals surface area contributed by atoms with Crippen LogP contribution in [0.3, 0.4) is 0 Å². The fraction of sp³-hybridized carbons (Fsp3) is 0.900. The molecule has 0 aromatic heterocycles. The molecule has 0 saturated carbocycles. The molecule has 6 heteroatoms. The van der Waals surface area contributed by atoms with Gasteiger partial charge >= 0.3 is 6.18 Å². The molecule has 0 heterocycles. The minimum Gasteiger partial charge on any atom is -0.396 e. The lowest BCUT2D eigenvalue weighted by atomic mass is 9.85. The van der Waals surface area contributed by atoms with E-state index < -0.39 is 24.5 Å². The summed E-state index contributed by atoms with van der Waals surface area (Å²) in [5.41, 5.74) is -0.385. The number of hydrogen-bond donors (Lipinski definition) is 2. The lowest BCUT2D eigenvalue weighted by Gasteiger charge is -2.31. The quantitative estimate of drug-likeness (QED) is 0.789. The van der Waals surface area contributed by atoms with Gasteiger partial charge in [0, 0.05) is 12.6 Å². The predicted molar refractivity (Wildman–Crippen MR) is 53.8 cm³/mol. The number of nitrogens with one attached hydrogen (secondary N) is 1. The number of alkyl halides is 3. The number of carbonyl (C=O) groups excluding carboxylic acids is 1. The van der Waals surface area contributed by atoms with Crippen molar-refractivity contribution < 1.29 is 23.1 Å². The van der Waals surface area contributed by atoms with Crippen LogP contribution in [0.2, 0.25) is 0 Å². The second-order valence-electron chi connectivity index (χ2n) is 4.79. The Morgan fingerprint density at radius 1 is 1.31 bits per heavy atom. The number of amides is 1. The molecule has 1 amide bonds. The first-order valence-electron chi connectivity index (χ1n) is 5.03. The van der Waals surface area contributed by atoms with Gasteiger partial charge < -0.3 is 10.4 Å². The summed E-state index contributed by atoms with van der Waals surface area (Å²) in [6.45, 7) is 5.21. The highest BCUT2D eigenvalue weighted by atomic mass is 19.4. The average Bonchev–Trinajstić information content (AvgIpc) is 1.97. The number of carbonyl (C=O) groups is 1. The molecule has 0 aliphatic heterocycles. The Morgan fingerprint density at radius 2 is 1.81 bits per heavy atom. The van der Waals surface area contributed by atoms with Crippen LogP contribution in [0.1, 0.15) is 33.6 Å². The third-order valence-electron chi connectivity index (χ3n) is 2.16. The van der Waals surface area contributed by atoms with Crippen molar-refractivity contribution in [3.05, 3.63) is 0 Å². The van der Waals surface area contributed by atoms with Crippen LogP contribution in [0.4, 0.5) is 13.2 Å². The van der Waals surface area contributed by atoms with Crippen LogP contribution in [0.25, 0.3) is 0 Å². The standard InChI is InChI=1S/C10H18F3NO2/c1-9(2,3)7(4-5-15)14-8(16)6-10(11,12)13/h7,15H,4-6H2,1-3H3,(H,14,16). The van der Waals surface area contributed by atoms with Gasteiger partial charge in [-0.2, -0.15) is 13.2 Å². The van der Waals surface area contributed by atoms with E-state index in [-0.39, 0.29) is 18.4 Å². The third-order valence-corrected chi connectivity index (χ3v) is 2.16. The van der Waals surface area contributed by atoms with E-state index in [0.717, 1.165) is 0 Å². The van der Waals surface area contributed by atoms with Crippen molar-refractivity contribution in [2.24, 2.45) is 5.41 Å². The molecule has 1 unspecified atom stereocenters. The van der Waals surface area contributed by atoms with Crippen molar-refractivity contribution in [3.8, 4) is 0 Å². The van der Waals surface area contributed by atoms with Crippen LogP contribution in [0, 0.1) is 5.41 Å². The largest absolute Gasteiger partial charge is 0.397 e. The summed E-state index contributed by atoms with van der Waals surface area (Å²) in [5, 5.41) is 11.1. The summed E-state index contributed by atoms with van der Waals surface area (Å²) in [7, 11) is 0. The molecular weight excluding hydrogens is 223 g/mol. The first-order valence-corrected chi connectivity index (χ1v) is 5.03. The summed E-state index contributed by atoms with van der Waals surface area (Å²) in [4.78, 5) is 11.1. The number of aliphatic hydroxyl groups excluding tert-OH is 1. The zero-order valence-electron chi connectivity index (χ0n) is 9.69. The lowest BCUT2D eigenvalue weighted by Crippen LogP contribution is -2.45. The van der Waals surface area contributed by atoms with E-state index in [9.17, 15) is 18.0 Å². The first kappa shape index (κ1) is 15.2. The van der Waals surface area contributed by atoms with Crippen LogP contribution >= 0.6 is 0 Å². The minimum absolute atomic E-state index is 0.172. The summed E-state index contributed by atoms with van der Waals surface area (Å²) in [6, 6.07) is -0.465. The van der Waals surface area contributed by atoms with Crippen LogP contribution < -0.4 is 5.32 Å². The molecule has 16 heavy (non-hydrogen) atoms. The molecule has 0 bridgehead atoms. The van der Waals surface area contributed by atoms with E-state index >= 15 is 0 Å². The molecule has 0 aliphatic carbocycles. The fourth-order valence-electron chi connectivity index (χ4n) is 1.28. The van der Waals surface area contributed by atoms with Crippen LogP contribution in [0.15, 0.2) is 0 Å². The van der Waals surface area contributed by atoms with Crippen molar-refractivity contribution in [2.45, 2.75) is 45.8 Å². The number of halogens is 3. The summed E-state index contributed by atoms with van der Waals surface area (Å²) in [5.74, 6) is -1.05. The Morgan fingerprint density at radius 3 is 2.12 bits per heavy atom. The fourth-order valence-corrected chi connectivity index (χ4v) is 1.28. The van der Waals surface area contributed by atoms with Crippen LogP contribution in [-0.2, 0) is 4.79 Å². The van der Waals surface area contributed by atoms with E-state index in [4.69, 9.17) is 5.11 Å². The Balaban J connectivity index is 4.36. The Labute approximate surface area is 93.0 Å². The molecule has 1 atom stereocenters. The van der Waals surface area contributed by atoms with Crippen molar-refractivity contribution in [2.75, 3.05) is 6.61 Å². The maximum absolute atomic E-state index is 11.9. The zero-order chi connectivity index (χ0) is 13.0. The van der Waals surface area contributed by atoms with Crippen molar-refractivity contribution in [1.82, 2.24) is 5.32 Å². The van der Waals surface area contributed by atoms with Gasteiger partial charge in [0.2, 0.25) is 5.91 Å². The SMILES string of the molecule is CC(C)(C)C(CCO)NC(=O)CC(F)(F)F. The monoisotopic (exact) mass is 241 g/mol. The van der Waals surface area contributed by atoms with Gasteiger partial charge in [0.25, 0.3) is 0 Å². The van der Waals surface area contributed by atoms with E-state index in [0.29, 0.717) is 0 Å². The molecule has 96 valence electrons. The average molecular weight is 241 g/mol. The van der Waals surface area contributed by atoms with E-state index in [1.54, 1.807) is 20.8 Å². The van der Waals surface area contributed by atoms with Gasteiger partial charge in [-0.25, -0.2) is 0 Å². The topological polar surface area (TPSA) is 49.3 Å². The molecule has 0 aliphatic rings. The molecule has 0 rings (SSSR count). The van der Waals surface area contributed by atoms with E-state index in [1.165, 1.54) is 0 Å². The lowest BCUT2D eigenvalue weighted by molar-refractivity contribution is -0.154. The van der Waals surface area contributed by atoms with Gasteiger partial charge in [0.1, 0.15) is 6.42 Å². The molecule has 0 aromatic carbocycles. The van der Waals surface area contributed by atoms with Crippen LogP contribution in [0.5, 0.6) is 0 Å². The second-order valence-corrected chi connectivity index (χ2v) is 4.79. The minimum atomic E-state index is -4.49. The highest BCUT2D eigenvalue weighted by Gasteiger charge is 2.33. The zero-order valence-corrected chi connectivity index (χ0v) is 9.69. The van der Waals surface area contributed by atoms with E-state index in [2.05, 4.69) is 5.32 Å².